The molecule has 0 aromatic heterocycles. The monoisotopic (exact) mass is 314 g/mol. The molecule has 0 bridgehead atoms. The van der Waals surface area contributed by atoms with Crippen LogP contribution in [0.3, 0.4) is 0 Å². The van der Waals surface area contributed by atoms with Crippen LogP contribution in [0, 0.1) is 0 Å². The summed E-state index contributed by atoms with van der Waals surface area (Å²) in [6.45, 7) is 1.66. The second-order valence-corrected chi connectivity index (χ2v) is 5.99. The number of hydrogen-bond donors (Lipinski definition) is 1. The first kappa shape index (κ1) is 15.6. The fraction of sp³-hybridized carbons (Fsp3) is 0.533. The summed E-state index contributed by atoms with van der Waals surface area (Å²) in [6, 6.07) is 5.63. The molecule has 1 aliphatic heterocycles. The maximum absolute atomic E-state index is 12.5. The summed E-state index contributed by atoms with van der Waals surface area (Å²) in [6.07, 6.45) is 3.59. The molecule has 2 rings (SSSR count). The van der Waals surface area contributed by atoms with Crippen LogP contribution in [0.25, 0.3) is 0 Å². The molecular weight excluding hydrogens is 295 g/mol. The lowest BCUT2D eigenvalue weighted by atomic mass is 10.0. The number of halogens is 2. The first-order chi connectivity index (χ1) is 9.63. The molecule has 1 amide bonds. The average molecular weight is 315 g/mol. The van der Waals surface area contributed by atoms with Gasteiger partial charge >= 0.3 is 0 Å². The lowest BCUT2D eigenvalue weighted by Crippen LogP contribution is -2.48. The van der Waals surface area contributed by atoms with E-state index in [0.717, 1.165) is 31.5 Å². The van der Waals surface area contributed by atoms with Crippen molar-refractivity contribution < 1.29 is 4.79 Å². The van der Waals surface area contributed by atoms with Crippen LogP contribution < -0.4 is 5.32 Å². The van der Waals surface area contributed by atoms with Crippen molar-refractivity contribution in [3.8, 4) is 0 Å². The Balaban J connectivity index is 2.10. The van der Waals surface area contributed by atoms with E-state index >= 15 is 0 Å². The molecule has 1 N–H and O–H groups in total. The average Bonchev–Trinajstić information content (AvgIpc) is 2.44. The zero-order chi connectivity index (χ0) is 14.5. The minimum Gasteiger partial charge on any atom is -0.338 e. The summed E-state index contributed by atoms with van der Waals surface area (Å²) < 4.78 is 0. The number of piperidine rings is 1. The fourth-order valence-corrected chi connectivity index (χ4v) is 3.26. The molecule has 1 aliphatic rings. The Kier molecular flexibility index (Phi) is 5.70. The van der Waals surface area contributed by atoms with Crippen molar-refractivity contribution in [2.24, 2.45) is 0 Å². The highest BCUT2D eigenvalue weighted by atomic mass is 35.5. The number of amides is 1. The quantitative estimate of drug-likeness (QED) is 0.926. The molecule has 0 spiro atoms. The third kappa shape index (κ3) is 3.66. The molecule has 1 fully saturated rings. The van der Waals surface area contributed by atoms with Gasteiger partial charge in [-0.1, -0.05) is 29.3 Å². The van der Waals surface area contributed by atoms with E-state index in [1.165, 1.54) is 6.42 Å². The van der Waals surface area contributed by atoms with Crippen molar-refractivity contribution in [3.63, 3.8) is 0 Å². The van der Waals surface area contributed by atoms with E-state index in [-0.39, 0.29) is 18.4 Å². The van der Waals surface area contributed by atoms with Gasteiger partial charge in [0.25, 0.3) is 0 Å². The molecule has 0 radical (unpaired) electrons. The number of likely N-dealkylation sites (N-methyl/N-ethyl adjacent to an activating group) is 1. The number of benzene rings is 1. The van der Waals surface area contributed by atoms with Crippen LogP contribution >= 0.6 is 23.2 Å². The van der Waals surface area contributed by atoms with Crippen LogP contribution in [0.1, 0.15) is 24.8 Å². The van der Waals surface area contributed by atoms with E-state index in [4.69, 9.17) is 23.2 Å². The minimum absolute atomic E-state index is 0.111. The van der Waals surface area contributed by atoms with Gasteiger partial charge in [0.1, 0.15) is 0 Å². The fourth-order valence-electron chi connectivity index (χ4n) is 2.73. The van der Waals surface area contributed by atoms with Crippen molar-refractivity contribution in [3.05, 3.63) is 33.8 Å². The van der Waals surface area contributed by atoms with Crippen LogP contribution in [-0.4, -0.2) is 37.0 Å². The van der Waals surface area contributed by atoms with Gasteiger partial charge in [0.05, 0.1) is 6.42 Å². The van der Waals surface area contributed by atoms with Crippen LogP contribution in [-0.2, 0) is 11.2 Å². The number of likely N-dealkylation sites (tertiary alicyclic amines) is 1. The Labute approximate surface area is 130 Å². The van der Waals surface area contributed by atoms with Gasteiger partial charge in [0.15, 0.2) is 0 Å². The SMILES string of the molecule is CNC[C@H]1CCCCN1C(=O)Cc1c(Cl)cccc1Cl. The Bertz CT molecular complexity index is 457. The Morgan fingerprint density at radius 2 is 2.05 bits per heavy atom. The molecule has 20 heavy (non-hydrogen) atoms. The predicted molar refractivity (Wildman–Crippen MR) is 83.4 cm³/mol. The molecule has 1 atom stereocenters. The van der Waals surface area contributed by atoms with Crippen molar-refractivity contribution in [2.45, 2.75) is 31.7 Å². The van der Waals surface area contributed by atoms with E-state index < -0.39 is 0 Å². The lowest BCUT2D eigenvalue weighted by molar-refractivity contribution is -0.134. The van der Waals surface area contributed by atoms with E-state index in [1.54, 1.807) is 18.2 Å². The molecule has 1 aromatic carbocycles. The number of rotatable bonds is 4. The van der Waals surface area contributed by atoms with Crippen molar-refractivity contribution in [1.29, 1.82) is 0 Å². The highest BCUT2D eigenvalue weighted by Crippen LogP contribution is 2.26. The van der Waals surface area contributed by atoms with Gasteiger partial charge in [0, 0.05) is 29.2 Å². The molecule has 110 valence electrons. The third-order valence-electron chi connectivity index (χ3n) is 3.78. The largest absolute Gasteiger partial charge is 0.338 e. The Morgan fingerprint density at radius 1 is 1.35 bits per heavy atom. The Morgan fingerprint density at radius 3 is 2.70 bits per heavy atom. The minimum atomic E-state index is 0.111. The maximum Gasteiger partial charge on any atom is 0.227 e. The number of nitrogens with zero attached hydrogens (tertiary/aromatic N) is 1. The second kappa shape index (κ2) is 7.30. The third-order valence-corrected chi connectivity index (χ3v) is 4.49. The maximum atomic E-state index is 12.5. The molecule has 0 aliphatic carbocycles. The second-order valence-electron chi connectivity index (χ2n) is 5.17. The van der Waals surface area contributed by atoms with E-state index in [2.05, 4.69) is 5.32 Å². The van der Waals surface area contributed by atoms with Crippen LogP contribution in [0.5, 0.6) is 0 Å². The normalized spacial score (nSPS) is 19.1. The summed E-state index contributed by atoms with van der Waals surface area (Å²) in [5, 5.41) is 4.29. The first-order valence-electron chi connectivity index (χ1n) is 7.00. The molecular formula is C15H20Cl2N2O. The molecule has 1 aromatic rings. The van der Waals surface area contributed by atoms with Gasteiger partial charge in [-0.15, -0.1) is 0 Å². The zero-order valence-corrected chi connectivity index (χ0v) is 13.2. The molecule has 0 unspecified atom stereocenters. The standard InChI is InChI=1S/C15H20Cl2N2O/c1-18-10-11-5-2-3-8-19(11)15(20)9-12-13(16)6-4-7-14(12)17/h4,6-7,11,18H,2-3,5,8-10H2,1H3/t11-/m1/s1. The van der Waals surface area contributed by atoms with Crippen molar-refractivity contribution in [1.82, 2.24) is 10.2 Å². The van der Waals surface area contributed by atoms with Crippen LogP contribution in [0.2, 0.25) is 10.0 Å². The van der Waals surface area contributed by atoms with Crippen LogP contribution in [0.4, 0.5) is 0 Å². The van der Waals surface area contributed by atoms with Crippen molar-refractivity contribution in [2.75, 3.05) is 20.1 Å². The molecule has 1 heterocycles. The van der Waals surface area contributed by atoms with Gasteiger partial charge in [0.2, 0.25) is 5.91 Å². The van der Waals surface area contributed by atoms with E-state index in [0.29, 0.717) is 10.0 Å². The van der Waals surface area contributed by atoms with Gasteiger partial charge in [-0.3, -0.25) is 4.79 Å². The molecule has 1 saturated heterocycles. The topological polar surface area (TPSA) is 32.3 Å². The van der Waals surface area contributed by atoms with Crippen LogP contribution in [0.15, 0.2) is 18.2 Å². The summed E-state index contributed by atoms with van der Waals surface area (Å²) in [5.74, 6) is 0.111. The number of nitrogens with one attached hydrogen (secondary N) is 1. The van der Waals surface area contributed by atoms with E-state index in [1.807, 2.05) is 11.9 Å². The number of carbonyl (C=O) groups excluding carboxylic acids is 1. The highest BCUT2D eigenvalue weighted by molar-refractivity contribution is 6.36. The Hall–Kier alpha value is -0.770. The lowest BCUT2D eigenvalue weighted by Gasteiger charge is -2.36. The highest BCUT2D eigenvalue weighted by Gasteiger charge is 2.26. The van der Waals surface area contributed by atoms with Gasteiger partial charge in [-0.05, 0) is 44.0 Å². The predicted octanol–water partition coefficient (Wildman–Crippen LogP) is 3.14. The molecule has 3 nitrogen and oxygen atoms in total. The summed E-state index contributed by atoms with van der Waals surface area (Å²) >= 11 is 12.3. The van der Waals surface area contributed by atoms with Crippen molar-refractivity contribution >= 4 is 29.1 Å². The molecule has 5 heteroatoms. The first-order valence-corrected chi connectivity index (χ1v) is 7.76. The van der Waals surface area contributed by atoms with Gasteiger partial charge in [-0.25, -0.2) is 0 Å². The van der Waals surface area contributed by atoms with Gasteiger partial charge in [-0.2, -0.15) is 0 Å². The zero-order valence-electron chi connectivity index (χ0n) is 11.7. The summed E-state index contributed by atoms with van der Waals surface area (Å²) in [7, 11) is 1.92. The summed E-state index contributed by atoms with van der Waals surface area (Å²) in [5.41, 5.74) is 0.731. The molecule has 0 saturated carbocycles. The van der Waals surface area contributed by atoms with E-state index in [9.17, 15) is 4.79 Å². The number of carbonyl (C=O) groups is 1. The number of hydrogen-bond acceptors (Lipinski definition) is 2. The summed E-state index contributed by atoms with van der Waals surface area (Å²) in [4.78, 5) is 14.5. The van der Waals surface area contributed by atoms with Gasteiger partial charge < -0.3 is 10.2 Å². The smallest absolute Gasteiger partial charge is 0.227 e.